The normalized spacial score (nSPS) is 11.1. The third kappa shape index (κ3) is 2.43. The highest BCUT2D eigenvalue weighted by molar-refractivity contribution is 6.17. The minimum absolute atomic E-state index is 0.0971. The number of pyridine rings is 2. The van der Waals surface area contributed by atoms with Gasteiger partial charge in [-0.1, -0.05) is 18.2 Å². The van der Waals surface area contributed by atoms with Gasteiger partial charge in [-0.15, -0.1) is 5.70 Å². The van der Waals surface area contributed by atoms with Gasteiger partial charge in [0.15, 0.2) is 0 Å². The summed E-state index contributed by atoms with van der Waals surface area (Å²) < 4.78 is 0. The lowest BCUT2D eigenvalue weighted by Gasteiger charge is -2.11. The third-order valence-electron chi connectivity index (χ3n) is 2.30. The minimum atomic E-state index is 0.0971. The van der Waals surface area contributed by atoms with E-state index in [1.165, 1.54) is 0 Å². The molecule has 3 heteroatoms. The Hall–Kier alpha value is -1.74. The largest absolute Gasteiger partial charge is 0.260 e. The maximum atomic E-state index is 4.36. The number of hydrogen-bond acceptors (Lipinski definition) is 2. The summed E-state index contributed by atoms with van der Waals surface area (Å²) in [6.45, 7) is 0. The molecule has 0 aliphatic heterocycles. The van der Waals surface area contributed by atoms with Crippen molar-refractivity contribution in [2.45, 2.75) is 5.92 Å². The zero-order valence-electron chi connectivity index (χ0n) is 8.75. The second-order valence-electron chi connectivity index (χ2n) is 3.35. The highest BCUT2D eigenvalue weighted by atomic mass is 28.1. The van der Waals surface area contributed by atoms with Crippen molar-refractivity contribution in [3.63, 3.8) is 0 Å². The van der Waals surface area contributed by atoms with Crippen LogP contribution in [-0.2, 0) is 0 Å². The first-order chi connectivity index (χ1) is 7.92. The Morgan fingerprint density at radius 3 is 1.88 bits per heavy atom. The zero-order chi connectivity index (χ0) is 11.2. The van der Waals surface area contributed by atoms with Gasteiger partial charge < -0.3 is 0 Å². The van der Waals surface area contributed by atoms with Crippen molar-refractivity contribution >= 4 is 10.2 Å². The average Bonchev–Trinajstić information content (AvgIpc) is 2.38. The number of hydrogen-bond donors (Lipinski definition) is 0. The Bertz CT molecular complexity index is 414. The van der Waals surface area contributed by atoms with Crippen molar-refractivity contribution in [2.75, 3.05) is 0 Å². The molecule has 2 aromatic heterocycles. The second-order valence-corrected chi connectivity index (χ2v) is 3.68. The molecular formula is C13H11N2Si. The summed E-state index contributed by atoms with van der Waals surface area (Å²) in [5.41, 5.74) is 3.83. The summed E-state index contributed by atoms with van der Waals surface area (Å²) in [6.07, 6.45) is 5.63. The smallest absolute Gasteiger partial charge is 0.0612 e. The highest BCUT2D eigenvalue weighted by Crippen LogP contribution is 2.21. The van der Waals surface area contributed by atoms with Gasteiger partial charge >= 0.3 is 0 Å². The zero-order valence-corrected chi connectivity index (χ0v) is 9.75. The Labute approximate surface area is 98.5 Å². The van der Waals surface area contributed by atoms with E-state index >= 15 is 0 Å². The first-order valence-electron chi connectivity index (χ1n) is 5.07. The topological polar surface area (TPSA) is 25.8 Å². The molecule has 0 amide bonds. The molecule has 0 spiro atoms. The van der Waals surface area contributed by atoms with Gasteiger partial charge in [-0.25, -0.2) is 0 Å². The molecule has 77 valence electrons. The molecule has 0 saturated heterocycles. The second kappa shape index (κ2) is 5.37. The SMILES string of the molecule is [Si]C=CC(c1ccccn1)c1ccccn1. The van der Waals surface area contributed by atoms with Gasteiger partial charge in [0, 0.05) is 12.4 Å². The molecule has 0 N–H and O–H groups in total. The van der Waals surface area contributed by atoms with E-state index in [1.54, 1.807) is 12.4 Å². The van der Waals surface area contributed by atoms with Crippen LogP contribution < -0.4 is 0 Å². The maximum Gasteiger partial charge on any atom is 0.0612 e. The Morgan fingerprint density at radius 1 is 0.938 bits per heavy atom. The van der Waals surface area contributed by atoms with Crippen LogP contribution in [0.1, 0.15) is 17.3 Å². The van der Waals surface area contributed by atoms with Gasteiger partial charge in [0.25, 0.3) is 0 Å². The fourth-order valence-corrected chi connectivity index (χ4v) is 1.76. The predicted molar refractivity (Wildman–Crippen MR) is 65.2 cm³/mol. The van der Waals surface area contributed by atoms with Crippen molar-refractivity contribution in [3.8, 4) is 0 Å². The van der Waals surface area contributed by atoms with Gasteiger partial charge in [0.1, 0.15) is 0 Å². The van der Waals surface area contributed by atoms with E-state index in [0.717, 1.165) is 11.4 Å². The van der Waals surface area contributed by atoms with Crippen molar-refractivity contribution in [2.24, 2.45) is 0 Å². The van der Waals surface area contributed by atoms with Gasteiger partial charge in [0.2, 0.25) is 0 Å². The van der Waals surface area contributed by atoms with Gasteiger partial charge in [-0.3, -0.25) is 9.97 Å². The number of allylic oxidation sites excluding steroid dienone is 1. The van der Waals surface area contributed by atoms with Crippen molar-refractivity contribution < 1.29 is 0 Å². The molecule has 2 rings (SSSR count). The van der Waals surface area contributed by atoms with Crippen molar-refractivity contribution in [1.82, 2.24) is 9.97 Å². The lowest BCUT2D eigenvalue weighted by atomic mass is 10.0. The summed E-state index contributed by atoms with van der Waals surface area (Å²) >= 11 is 0. The summed E-state index contributed by atoms with van der Waals surface area (Å²) in [4.78, 5) is 8.72. The van der Waals surface area contributed by atoms with Crippen molar-refractivity contribution in [3.05, 3.63) is 72.0 Å². The van der Waals surface area contributed by atoms with Crippen LogP contribution in [0.5, 0.6) is 0 Å². The lowest BCUT2D eigenvalue weighted by Crippen LogP contribution is -2.02. The Kier molecular flexibility index (Phi) is 3.61. The van der Waals surface area contributed by atoms with Gasteiger partial charge in [-0.2, -0.15) is 0 Å². The molecule has 2 aromatic rings. The van der Waals surface area contributed by atoms with Crippen LogP contribution in [0.4, 0.5) is 0 Å². The Balaban J connectivity index is 2.39. The first-order valence-corrected chi connectivity index (χ1v) is 5.65. The monoisotopic (exact) mass is 223 g/mol. The quantitative estimate of drug-likeness (QED) is 0.746. The summed E-state index contributed by atoms with van der Waals surface area (Å²) in [5, 5.41) is 0. The van der Waals surface area contributed by atoms with E-state index in [9.17, 15) is 0 Å². The molecule has 0 aliphatic carbocycles. The molecule has 0 bridgehead atoms. The molecular weight excluding hydrogens is 212 g/mol. The summed E-state index contributed by atoms with van der Waals surface area (Å²) in [7, 11) is 3.36. The molecule has 2 heterocycles. The molecule has 0 unspecified atom stereocenters. The molecule has 0 saturated carbocycles. The van der Waals surface area contributed by atoms with E-state index in [2.05, 4.69) is 20.2 Å². The molecule has 0 fully saturated rings. The molecule has 3 radical (unpaired) electrons. The molecule has 0 aromatic carbocycles. The standard InChI is InChI=1S/C13H11N2Si/c16-10-7-11(12-5-1-3-8-14-12)13-6-2-4-9-15-13/h1-11H. The number of nitrogens with zero attached hydrogens (tertiary/aromatic N) is 2. The molecule has 2 nitrogen and oxygen atoms in total. The fraction of sp³-hybridized carbons (Fsp3) is 0.0769. The number of aromatic nitrogens is 2. The average molecular weight is 223 g/mol. The van der Waals surface area contributed by atoms with Crippen molar-refractivity contribution in [1.29, 1.82) is 0 Å². The molecule has 16 heavy (non-hydrogen) atoms. The first kappa shape index (κ1) is 10.8. The van der Waals surface area contributed by atoms with Crippen LogP contribution in [0.25, 0.3) is 0 Å². The fourth-order valence-electron chi connectivity index (χ4n) is 1.56. The highest BCUT2D eigenvalue weighted by Gasteiger charge is 2.11. The van der Waals surface area contributed by atoms with Crippen LogP contribution >= 0.6 is 0 Å². The van der Waals surface area contributed by atoms with Gasteiger partial charge in [0.05, 0.1) is 27.5 Å². The van der Waals surface area contributed by atoms with E-state index in [-0.39, 0.29) is 5.92 Å². The van der Waals surface area contributed by atoms with Crippen LogP contribution in [0.2, 0.25) is 0 Å². The number of rotatable bonds is 3. The van der Waals surface area contributed by atoms with E-state index in [4.69, 9.17) is 0 Å². The minimum Gasteiger partial charge on any atom is -0.260 e. The predicted octanol–water partition coefficient (Wildman–Crippen LogP) is 2.29. The van der Waals surface area contributed by atoms with Crippen LogP contribution in [0.15, 0.2) is 60.6 Å². The van der Waals surface area contributed by atoms with Crippen LogP contribution in [-0.4, -0.2) is 20.2 Å². The third-order valence-corrected chi connectivity index (χ3v) is 2.49. The van der Waals surface area contributed by atoms with Gasteiger partial charge in [-0.05, 0) is 24.3 Å². The molecule has 0 atom stereocenters. The van der Waals surface area contributed by atoms with E-state index < -0.39 is 0 Å². The van der Waals surface area contributed by atoms with E-state index in [1.807, 2.05) is 48.2 Å². The molecule has 0 aliphatic rings. The maximum absolute atomic E-state index is 4.36. The lowest BCUT2D eigenvalue weighted by molar-refractivity contribution is 0.907. The van der Waals surface area contributed by atoms with Crippen LogP contribution in [0, 0.1) is 0 Å². The van der Waals surface area contributed by atoms with Crippen LogP contribution in [0.3, 0.4) is 0 Å². The summed E-state index contributed by atoms with van der Waals surface area (Å²) in [5.74, 6) is 0.0971. The van der Waals surface area contributed by atoms with E-state index in [0.29, 0.717) is 0 Å². The summed E-state index contributed by atoms with van der Waals surface area (Å²) in [6, 6.07) is 11.8. The Morgan fingerprint density at radius 2 is 1.50 bits per heavy atom.